The molecular weight excluding hydrogens is 624 g/mol. The molecule has 5 saturated carbocycles. The summed E-state index contributed by atoms with van der Waals surface area (Å²) < 4.78 is 11.2. The van der Waals surface area contributed by atoms with Crippen LogP contribution in [0, 0.1) is 50.7 Å². The maximum atomic E-state index is 14.1. The summed E-state index contributed by atoms with van der Waals surface area (Å²) in [6.07, 6.45) is -6.02. The van der Waals surface area contributed by atoms with E-state index in [1.807, 2.05) is 0 Å². The van der Waals surface area contributed by atoms with Gasteiger partial charge < -0.3 is 55.4 Å². The maximum Gasteiger partial charge on any atom is 0.317 e. The SMILES string of the molecule is C[C@H](C[C@H](O)[C@H](O)C(C)(C)O)[C@@H]1CC[C@@]2(C)[C@H]3CC[C@H]4[C@](C)(C(=O)O[C@H]5O[C@@H](CO)[C@@H](O)[C@@H](O)[C@H]5O)[C@@H](O)C[C@@H](O)[C@]45C[C@]35CC[C@]12C. The van der Waals surface area contributed by atoms with E-state index in [1.165, 1.54) is 13.8 Å². The van der Waals surface area contributed by atoms with Gasteiger partial charge in [0.2, 0.25) is 6.29 Å². The predicted octanol–water partition coefficient (Wildman–Crippen LogP) is 0.599. The van der Waals surface area contributed by atoms with Gasteiger partial charge in [-0.25, -0.2) is 0 Å². The number of rotatable bonds is 8. The first kappa shape index (κ1) is 36.8. The molecule has 12 nitrogen and oxygen atoms in total. The lowest BCUT2D eigenvalue weighted by Crippen LogP contribution is -2.65. The van der Waals surface area contributed by atoms with Crippen molar-refractivity contribution in [3.05, 3.63) is 0 Å². The number of carbonyl (C=O) groups is 1. The molecule has 6 rings (SSSR count). The minimum absolute atomic E-state index is 0.000310. The first-order valence-electron chi connectivity index (χ1n) is 18.1. The Morgan fingerprint density at radius 1 is 0.896 bits per heavy atom. The number of aliphatic hydroxyl groups is 9. The molecule has 0 aromatic rings. The average molecular weight is 685 g/mol. The largest absolute Gasteiger partial charge is 0.432 e. The van der Waals surface area contributed by atoms with Gasteiger partial charge in [-0.05, 0) is 112 Å². The summed E-state index contributed by atoms with van der Waals surface area (Å²) in [6.45, 7) is 10.9. The molecule has 1 aliphatic heterocycles. The quantitative estimate of drug-likeness (QED) is 0.161. The Hall–Kier alpha value is -0.930. The Kier molecular flexibility index (Phi) is 9.06. The maximum absolute atomic E-state index is 14.1. The number of hydrogen-bond donors (Lipinski definition) is 9. The molecular formula is C36H60O12. The van der Waals surface area contributed by atoms with E-state index in [9.17, 15) is 50.8 Å². The highest BCUT2D eigenvalue weighted by atomic mass is 16.7. The van der Waals surface area contributed by atoms with Crippen LogP contribution in [-0.2, 0) is 14.3 Å². The van der Waals surface area contributed by atoms with Gasteiger partial charge in [-0.15, -0.1) is 0 Å². The van der Waals surface area contributed by atoms with Gasteiger partial charge in [0.25, 0.3) is 0 Å². The standard InChI is InChI=1S/C36H60O12/c1-17(13-19(38)28(44)31(2,3)46)18-9-10-33(5)21-7-8-22-34(6,30(45)48-29-27(43)26(42)25(41)20(15-37)47-29)23(39)14-24(40)36(22)16-35(21,36)12-11-32(18,33)4/h17-29,37-44,46H,7-16H2,1-6H3/t17-,18+,19+,20+,21-,22+,23+,24-,25-,26-,27-,28+,29-,32-,33+,34+,35-,36+/m1/s1. The van der Waals surface area contributed by atoms with Crippen LogP contribution < -0.4 is 0 Å². The zero-order chi connectivity index (χ0) is 35.6. The third-order valence-electron chi connectivity index (χ3n) is 15.8. The van der Waals surface area contributed by atoms with Gasteiger partial charge in [-0.2, -0.15) is 0 Å². The molecule has 1 heterocycles. The zero-order valence-electron chi connectivity index (χ0n) is 29.3. The van der Waals surface area contributed by atoms with Crippen molar-refractivity contribution in [2.24, 2.45) is 50.7 Å². The van der Waals surface area contributed by atoms with Crippen LogP contribution >= 0.6 is 0 Å². The first-order valence-corrected chi connectivity index (χ1v) is 18.1. The van der Waals surface area contributed by atoms with Crippen molar-refractivity contribution in [2.45, 2.75) is 160 Å². The number of fused-ring (bicyclic) bond motifs is 2. The monoisotopic (exact) mass is 684 g/mol. The highest BCUT2D eigenvalue weighted by molar-refractivity contribution is 5.78. The molecule has 48 heavy (non-hydrogen) atoms. The van der Waals surface area contributed by atoms with E-state index < -0.39 is 90.0 Å². The molecule has 0 radical (unpaired) electrons. The zero-order valence-corrected chi connectivity index (χ0v) is 29.3. The Morgan fingerprint density at radius 2 is 1.54 bits per heavy atom. The van der Waals surface area contributed by atoms with Crippen molar-refractivity contribution in [3.8, 4) is 0 Å². The van der Waals surface area contributed by atoms with E-state index in [0.717, 1.165) is 38.5 Å². The van der Waals surface area contributed by atoms with Crippen LogP contribution in [0.15, 0.2) is 0 Å². The molecule has 276 valence electrons. The van der Waals surface area contributed by atoms with Crippen molar-refractivity contribution in [3.63, 3.8) is 0 Å². The number of hydrogen-bond acceptors (Lipinski definition) is 12. The average Bonchev–Trinajstić information content (AvgIpc) is 3.63. The van der Waals surface area contributed by atoms with Crippen LogP contribution in [0.4, 0.5) is 0 Å². The minimum Gasteiger partial charge on any atom is -0.432 e. The van der Waals surface area contributed by atoms with Crippen molar-refractivity contribution < 1.29 is 60.2 Å². The Balaban J connectivity index is 1.24. The summed E-state index contributed by atoms with van der Waals surface area (Å²) >= 11 is 0. The summed E-state index contributed by atoms with van der Waals surface area (Å²) in [7, 11) is 0. The molecule has 2 spiro atoms. The smallest absolute Gasteiger partial charge is 0.317 e. The summed E-state index contributed by atoms with van der Waals surface area (Å²) in [5.74, 6) is -0.518. The van der Waals surface area contributed by atoms with E-state index in [4.69, 9.17) is 9.47 Å². The Labute approximate surface area is 283 Å². The van der Waals surface area contributed by atoms with Crippen LogP contribution in [0.1, 0.15) is 99.3 Å². The summed E-state index contributed by atoms with van der Waals surface area (Å²) in [6, 6.07) is 0. The second kappa shape index (κ2) is 11.8. The molecule has 1 saturated heterocycles. The lowest BCUT2D eigenvalue weighted by atomic mass is 9.41. The number of esters is 1. The normalized spacial score (nSPS) is 53.4. The Bertz CT molecular complexity index is 1240. The van der Waals surface area contributed by atoms with Crippen molar-refractivity contribution in [2.75, 3.05) is 6.61 Å². The summed E-state index contributed by atoms with van der Waals surface area (Å²) in [5.41, 5.74) is -3.78. The van der Waals surface area contributed by atoms with Gasteiger partial charge in [-0.3, -0.25) is 4.79 Å². The number of carbonyl (C=O) groups excluding carboxylic acids is 1. The predicted molar refractivity (Wildman–Crippen MR) is 171 cm³/mol. The molecule has 5 aliphatic carbocycles. The van der Waals surface area contributed by atoms with Crippen LogP contribution in [0.3, 0.4) is 0 Å². The molecule has 0 aromatic carbocycles. The van der Waals surface area contributed by atoms with E-state index >= 15 is 0 Å². The third-order valence-corrected chi connectivity index (χ3v) is 15.8. The van der Waals surface area contributed by atoms with E-state index in [0.29, 0.717) is 18.8 Å². The van der Waals surface area contributed by atoms with Gasteiger partial charge in [0.05, 0.1) is 35.9 Å². The van der Waals surface area contributed by atoms with Crippen molar-refractivity contribution in [1.82, 2.24) is 0 Å². The van der Waals surface area contributed by atoms with Crippen LogP contribution in [0.25, 0.3) is 0 Å². The molecule has 9 N–H and O–H groups in total. The second-order valence-electron chi connectivity index (χ2n) is 18.1. The minimum atomic E-state index is -1.76. The van der Waals surface area contributed by atoms with Gasteiger partial charge >= 0.3 is 5.97 Å². The molecule has 6 fully saturated rings. The summed E-state index contributed by atoms with van der Waals surface area (Å²) in [4.78, 5) is 14.1. The van der Waals surface area contributed by atoms with Gasteiger partial charge in [-0.1, -0.05) is 20.8 Å². The highest BCUT2D eigenvalue weighted by Crippen LogP contribution is 2.89. The highest BCUT2D eigenvalue weighted by Gasteiger charge is 2.86. The van der Waals surface area contributed by atoms with Gasteiger partial charge in [0, 0.05) is 11.8 Å². The number of aliphatic hydroxyl groups excluding tert-OH is 8. The van der Waals surface area contributed by atoms with E-state index in [-0.39, 0.29) is 34.5 Å². The Morgan fingerprint density at radius 3 is 2.17 bits per heavy atom. The number of ether oxygens (including phenoxy) is 2. The van der Waals surface area contributed by atoms with Crippen LogP contribution in [-0.4, -0.2) is 119 Å². The topological polar surface area (TPSA) is 218 Å². The fraction of sp³-hybridized carbons (Fsp3) is 0.972. The molecule has 0 unspecified atom stereocenters. The van der Waals surface area contributed by atoms with Gasteiger partial charge in [0.1, 0.15) is 30.5 Å². The van der Waals surface area contributed by atoms with Crippen molar-refractivity contribution >= 4 is 5.97 Å². The fourth-order valence-corrected chi connectivity index (χ4v) is 12.8. The van der Waals surface area contributed by atoms with Crippen LogP contribution in [0.2, 0.25) is 0 Å². The molecule has 12 heteroatoms. The summed E-state index contributed by atoms with van der Waals surface area (Å²) in [5, 5.41) is 95.7. The second-order valence-corrected chi connectivity index (χ2v) is 18.1. The lowest BCUT2D eigenvalue weighted by Gasteiger charge is -2.63. The lowest BCUT2D eigenvalue weighted by molar-refractivity contribution is -0.300. The molecule has 6 aliphatic rings. The molecule has 18 atom stereocenters. The molecule has 0 aromatic heterocycles. The van der Waals surface area contributed by atoms with E-state index in [1.54, 1.807) is 6.92 Å². The van der Waals surface area contributed by atoms with E-state index in [2.05, 4.69) is 20.8 Å². The van der Waals surface area contributed by atoms with Gasteiger partial charge in [0.15, 0.2) is 0 Å². The fourth-order valence-electron chi connectivity index (χ4n) is 12.8. The van der Waals surface area contributed by atoms with Crippen molar-refractivity contribution in [1.29, 1.82) is 0 Å². The van der Waals surface area contributed by atoms with Crippen LogP contribution in [0.5, 0.6) is 0 Å². The third kappa shape index (κ3) is 4.80. The molecule has 0 bridgehead atoms. The first-order chi connectivity index (χ1) is 22.2. The molecule has 0 amide bonds.